The maximum Gasteiger partial charge on any atom is 0.269 e. The summed E-state index contributed by atoms with van der Waals surface area (Å²) in [7, 11) is 0. The molecule has 7 heteroatoms. The van der Waals surface area contributed by atoms with Gasteiger partial charge in [0, 0.05) is 44.2 Å². The van der Waals surface area contributed by atoms with Crippen LogP contribution >= 0.6 is 0 Å². The summed E-state index contributed by atoms with van der Waals surface area (Å²) in [6.45, 7) is 1.90. The highest BCUT2D eigenvalue weighted by Gasteiger charge is 2.50. The van der Waals surface area contributed by atoms with Gasteiger partial charge in [-0.3, -0.25) is 19.4 Å². The van der Waals surface area contributed by atoms with Crippen molar-refractivity contribution in [1.82, 2.24) is 20.1 Å². The number of amides is 3. The summed E-state index contributed by atoms with van der Waals surface area (Å²) < 4.78 is 0. The van der Waals surface area contributed by atoms with E-state index >= 15 is 0 Å². The third-order valence-electron chi connectivity index (χ3n) is 7.63. The molecule has 160 valence electrons. The Morgan fingerprint density at radius 3 is 2.67 bits per heavy atom. The van der Waals surface area contributed by atoms with Crippen LogP contribution in [0.2, 0.25) is 0 Å². The molecule has 7 nitrogen and oxygen atoms in total. The van der Waals surface area contributed by atoms with Crippen LogP contribution in [0.15, 0.2) is 24.4 Å². The molecule has 4 aliphatic rings. The highest BCUT2D eigenvalue weighted by molar-refractivity contribution is 5.92. The molecule has 1 aromatic rings. The summed E-state index contributed by atoms with van der Waals surface area (Å²) in [6.07, 6.45) is 8.34. The van der Waals surface area contributed by atoms with Crippen LogP contribution in [-0.2, 0) is 9.59 Å². The lowest BCUT2D eigenvalue weighted by Gasteiger charge is -2.57. The van der Waals surface area contributed by atoms with Crippen molar-refractivity contribution in [2.45, 2.75) is 57.0 Å². The number of likely N-dealkylation sites (tertiary alicyclic amines) is 1. The van der Waals surface area contributed by atoms with Gasteiger partial charge in [0.25, 0.3) is 5.91 Å². The van der Waals surface area contributed by atoms with E-state index in [1.54, 1.807) is 24.4 Å². The standard InChI is InChI=1S/C23H30N4O3/c28-21-9-4-8-19-16-11-17(14-26(13-16)23(30)15-5-3-6-15)20(27(19)21)12-25-22(29)18-7-1-2-10-24-18/h1-2,7,10,15-17,19-20H,3-6,8-9,11-14H2,(H,25,29)/t16-,17+,19+,20+/m1/s1. The fourth-order valence-corrected chi connectivity index (χ4v) is 5.92. The maximum absolute atomic E-state index is 13.0. The van der Waals surface area contributed by atoms with Crippen LogP contribution in [0.5, 0.6) is 0 Å². The van der Waals surface area contributed by atoms with E-state index in [-0.39, 0.29) is 35.7 Å². The topological polar surface area (TPSA) is 82.6 Å². The number of nitrogens with zero attached hydrogens (tertiary/aromatic N) is 3. The number of hydrogen-bond donors (Lipinski definition) is 1. The molecule has 0 unspecified atom stereocenters. The van der Waals surface area contributed by atoms with Crippen LogP contribution in [0, 0.1) is 17.8 Å². The monoisotopic (exact) mass is 410 g/mol. The molecule has 4 heterocycles. The van der Waals surface area contributed by atoms with Gasteiger partial charge < -0.3 is 15.1 Å². The van der Waals surface area contributed by atoms with Gasteiger partial charge in [-0.2, -0.15) is 0 Å². The van der Waals surface area contributed by atoms with Gasteiger partial charge in [-0.05, 0) is 56.1 Å². The molecule has 1 N–H and O–H groups in total. The largest absolute Gasteiger partial charge is 0.349 e. The minimum atomic E-state index is -0.211. The lowest BCUT2D eigenvalue weighted by Crippen LogP contribution is -2.67. The van der Waals surface area contributed by atoms with Crippen LogP contribution < -0.4 is 5.32 Å². The van der Waals surface area contributed by atoms with Crippen molar-refractivity contribution >= 4 is 17.7 Å². The Hall–Kier alpha value is -2.44. The van der Waals surface area contributed by atoms with Crippen LogP contribution in [0.3, 0.4) is 0 Å². The zero-order valence-corrected chi connectivity index (χ0v) is 17.3. The number of nitrogens with one attached hydrogen (secondary N) is 1. The summed E-state index contributed by atoms with van der Waals surface area (Å²) in [5, 5.41) is 3.02. The molecule has 3 saturated heterocycles. The number of carbonyl (C=O) groups excluding carboxylic acids is 3. The Morgan fingerprint density at radius 1 is 1.10 bits per heavy atom. The fraction of sp³-hybridized carbons (Fsp3) is 0.652. The van der Waals surface area contributed by atoms with Crippen LogP contribution in [-0.4, -0.2) is 64.2 Å². The molecule has 0 aromatic carbocycles. The van der Waals surface area contributed by atoms with Crippen molar-refractivity contribution in [3.8, 4) is 0 Å². The van der Waals surface area contributed by atoms with E-state index in [1.807, 2.05) is 0 Å². The fourth-order valence-electron chi connectivity index (χ4n) is 5.92. The first-order valence-electron chi connectivity index (χ1n) is 11.4. The number of rotatable bonds is 4. The highest BCUT2D eigenvalue weighted by Crippen LogP contribution is 2.42. The van der Waals surface area contributed by atoms with E-state index in [0.29, 0.717) is 37.0 Å². The summed E-state index contributed by atoms with van der Waals surface area (Å²) >= 11 is 0. The van der Waals surface area contributed by atoms with Crippen LogP contribution in [0.25, 0.3) is 0 Å². The second-order valence-electron chi connectivity index (χ2n) is 9.38. The van der Waals surface area contributed by atoms with E-state index in [2.05, 4.69) is 20.1 Å². The van der Waals surface area contributed by atoms with E-state index in [9.17, 15) is 14.4 Å². The Labute approximate surface area is 177 Å². The van der Waals surface area contributed by atoms with E-state index in [0.717, 1.165) is 45.1 Å². The number of aromatic nitrogens is 1. The molecule has 3 amide bonds. The van der Waals surface area contributed by atoms with Crippen molar-refractivity contribution in [1.29, 1.82) is 0 Å². The molecule has 4 atom stereocenters. The smallest absolute Gasteiger partial charge is 0.269 e. The van der Waals surface area contributed by atoms with E-state index < -0.39 is 0 Å². The molecular formula is C23H30N4O3. The van der Waals surface area contributed by atoms with Gasteiger partial charge in [0.15, 0.2) is 0 Å². The number of fused-ring (bicyclic) bond motifs is 4. The summed E-state index contributed by atoms with van der Waals surface area (Å²) in [5.74, 6) is 1.08. The van der Waals surface area contributed by atoms with Gasteiger partial charge in [-0.1, -0.05) is 12.5 Å². The van der Waals surface area contributed by atoms with Crippen LogP contribution in [0.4, 0.5) is 0 Å². The Morgan fingerprint density at radius 2 is 1.93 bits per heavy atom. The van der Waals surface area contributed by atoms with Gasteiger partial charge in [0.05, 0.1) is 6.04 Å². The van der Waals surface area contributed by atoms with Crippen molar-refractivity contribution in [3.05, 3.63) is 30.1 Å². The molecule has 1 saturated carbocycles. The lowest BCUT2D eigenvalue weighted by atomic mass is 9.71. The Balaban J connectivity index is 1.34. The number of hydrogen-bond acceptors (Lipinski definition) is 4. The molecule has 5 rings (SSSR count). The number of pyridine rings is 1. The highest BCUT2D eigenvalue weighted by atomic mass is 16.2. The molecule has 2 bridgehead atoms. The Kier molecular flexibility index (Phi) is 5.21. The zero-order valence-electron chi connectivity index (χ0n) is 17.3. The summed E-state index contributed by atoms with van der Waals surface area (Å²) in [5.41, 5.74) is 0.387. The van der Waals surface area contributed by atoms with E-state index in [1.165, 1.54) is 0 Å². The number of piperidine rings is 3. The average Bonchev–Trinajstić information content (AvgIpc) is 2.73. The third-order valence-corrected chi connectivity index (χ3v) is 7.63. The van der Waals surface area contributed by atoms with Crippen molar-refractivity contribution in [3.63, 3.8) is 0 Å². The minimum Gasteiger partial charge on any atom is -0.349 e. The van der Waals surface area contributed by atoms with Crippen molar-refractivity contribution in [2.24, 2.45) is 17.8 Å². The molecule has 4 fully saturated rings. The predicted octanol–water partition coefficient (Wildman–Crippen LogP) is 1.84. The lowest BCUT2D eigenvalue weighted by molar-refractivity contribution is -0.158. The van der Waals surface area contributed by atoms with Gasteiger partial charge in [0.1, 0.15) is 5.69 Å². The average molecular weight is 411 g/mol. The van der Waals surface area contributed by atoms with Crippen LogP contribution in [0.1, 0.15) is 55.4 Å². The third kappa shape index (κ3) is 3.48. The van der Waals surface area contributed by atoms with Crippen molar-refractivity contribution in [2.75, 3.05) is 19.6 Å². The first-order chi connectivity index (χ1) is 14.6. The van der Waals surface area contributed by atoms with Gasteiger partial charge in [-0.25, -0.2) is 0 Å². The maximum atomic E-state index is 13.0. The quantitative estimate of drug-likeness (QED) is 0.821. The molecule has 0 spiro atoms. The molecule has 0 radical (unpaired) electrons. The molecular weight excluding hydrogens is 380 g/mol. The Bertz CT molecular complexity index is 825. The molecule has 3 aliphatic heterocycles. The zero-order chi connectivity index (χ0) is 20.7. The van der Waals surface area contributed by atoms with Gasteiger partial charge in [0.2, 0.25) is 11.8 Å². The normalized spacial score (nSPS) is 31.0. The van der Waals surface area contributed by atoms with Gasteiger partial charge in [-0.15, -0.1) is 0 Å². The first kappa shape index (κ1) is 19.5. The first-order valence-corrected chi connectivity index (χ1v) is 11.4. The minimum absolute atomic E-state index is 0.0521. The van der Waals surface area contributed by atoms with Crippen molar-refractivity contribution < 1.29 is 14.4 Å². The second kappa shape index (κ2) is 8.00. The molecule has 30 heavy (non-hydrogen) atoms. The molecule has 1 aliphatic carbocycles. The predicted molar refractivity (Wildman–Crippen MR) is 110 cm³/mol. The SMILES string of the molecule is O=C(NC[C@H]1[C@H]2C[C@H](CN(C(=O)C3CCC3)C2)[C@@H]2CCCC(=O)N21)c1ccccn1. The van der Waals surface area contributed by atoms with Gasteiger partial charge >= 0.3 is 0 Å². The summed E-state index contributed by atoms with van der Waals surface area (Å²) in [4.78, 5) is 46.7. The number of carbonyl (C=O) groups is 3. The second-order valence-corrected chi connectivity index (χ2v) is 9.38. The summed E-state index contributed by atoms with van der Waals surface area (Å²) in [6, 6.07) is 5.41. The van der Waals surface area contributed by atoms with E-state index in [4.69, 9.17) is 0 Å². The molecule has 1 aromatic heterocycles.